The average Bonchev–Trinajstić information content (AvgIpc) is 2.75. The summed E-state index contributed by atoms with van der Waals surface area (Å²) in [6.07, 6.45) is 1.81. The van der Waals surface area contributed by atoms with Crippen molar-refractivity contribution in [3.05, 3.63) is 24.0 Å². The van der Waals surface area contributed by atoms with E-state index in [1.54, 1.807) is 0 Å². The lowest BCUT2D eigenvalue weighted by molar-refractivity contribution is -0.117. The van der Waals surface area contributed by atoms with E-state index < -0.39 is 0 Å². The number of carbonyl (C=O) groups is 2. The Balaban J connectivity index is 2.04. The minimum atomic E-state index is -0.176. The molecule has 0 aromatic carbocycles. The molecule has 0 aliphatic carbocycles. The lowest BCUT2D eigenvalue weighted by Crippen LogP contribution is -2.32. The molecule has 1 atom stereocenters. The van der Waals surface area contributed by atoms with Gasteiger partial charge in [0.1, 0.15) is 5.78 Å². The van der Waals surface area contributed by atoms with Crippen LogP contribution in [-0.2, 0) is 4.79 Å². The van der Waals surface area contributed by atoms with Crippen molar-refractivity contribution >= 4 is 11.8 Å². The van der Waals surface area contributed by atoms with E-state index in [0.29, 0.717) is 6.54 Å². The highest BCUT2D eigenvalue weighted by Gasteiger charge is 2.30. The molecule has 1 aromatic rings. The lowest BCUT2D eigenvalue weighted by atomic mass is 10.2. The zero-order valence-corrected chi connectivity index (χ0v) is 8.49. The highest BCUT2D eigenvalue weighted by molar-refractivity contribution is 5.85. The molecular formula is C10H13N3O2. The molecule has 1 aliphatic heterocycles. The minimum Gasteiger partial charge on any atom is -0.363 e. The van der Waals surface area contributed by atoms with Crippen LogP contribution in [0.25, 0.3) is 0 Å². The predicted octanol–water partition coefficient (Wildman–Crippen LogP) is 0.670. The SMILES string of the molecule is CC(=O)CN1CC(c2ccc[nH]2)NC1=O. The first-order valence-electron chi connectivity index (χ1n) is 4.85. The molecule has 2 amide bonds. The largest absolute Gasteiger partial charge is 0.363 e. The Bertz CT molecular complexity index is 372. The summed E-state index contributed by atoms with van der Waals surface area (Å²) in [4.78, 5) is 26.9. The number of hydrogen-bond acceptors (Lipinski definition) is 2. The van der Waals surface area contributed by atoms with Crippen molar-refractivity contribution in [2.75, 3.05) is 13.1 Å². The predicted molar refractivity (Wildman–Crippen MR) is 54.3 cm³/mol. The second-order valence-electron chi connectivity index (χ2n) is 3.71. The van der Waals surface area contributed by atoms with E-state index >= 15 is 0 Å². The average molecular weight is 207 g/mol. The number of aromatic amines is 1. The van der Waals surface area contributed by atoms with Gasteiger partial charge in [0, 0.05) is 18.4 Å². The Hall–Kier alpha value is -1.78. The van der Waals surface area contributed by atoms with Gasteiger partial charge in [0.25, 0.3) is 0 Å². The fourth-order valence-corrected chi connectivity index (χ4v) is 1.73. The summed E-state index contributed by atoms with van der Waals surface area (Å²) in [6.45, 7) is 2.21. The molecule has 0 saturated carbocycles. The fourth-order valence-electron chi connectivity index (χ4n) is 1.73. The Morgan fingerprint density at radius 2 is 2.47 bits per heavy atom. The number of rotatable bonds is 3. The van der Waals surface area contributed by atoms with Gasteiger partial charge in [-0.1, -0.05) is 0 Å². The van der Waals surface area contributed by atoms with Crippen molar-refractivity contribution in [1.82, 2.24) is 15.2 Å². The first-order chi connectivity index (χ1) is 7.16. The molecule has 0 radical (unpaired) electrons. The molecule has 1 unspecified atom stereocenters. The van der Waals surface area contributed by atoms with Crippen LogP contribution in [0.4, 0.5) is 4.79 Å². The van der Waals surface area contributed by atoms with Gasteiger partial charge in [-0.15, -0.1) is 0 Å². The van der Waals surface area contributed by atoms with Crippen molar-refractivity contribution in [3.8, 4) is 0 Å². The number of nitrogens with one attached hydrogen (secondary N) is 2. The van der Waals surface area contributed by atoms with E-state index in [0.717, 1.165) is 5.69 Å². The first kappa shape index (κ1) is 9.76. The summed E-state index contributed by atoms with van der Waals surface area (Å²) < 4.78 is 0. The molecule has 80 valence electrons. The number of carbonyl (C=O) groups excluding carboxylic acids is 2. The molecule has 5 heteroatoms. The van der Waals surface area contributed by atoms with E-state index in [2.05, 4.69) is 10.3 Å². The van der Waals surface area contributed by atoms with Crippen molar-refractivity contribution < 1.29 is 9.59 Å². The first-order valence-corrected chi connectivity index (χ1v) is 4.85. The monoisotopic (exact) mass is 207 g/mol. The molecule has 1 aromatic heterocycles. The summed E-state index contributed by atoms with van der Waals surface area (Å²) >= 11 is 0. The number of nitrogens with zero attached hydrogens (tertiary/aromatic N) is 1. The molecule has 1 aliphatic rings. The van der Waals surface area contributed by atoms with Gasteiger partial charge < -0.3 is 15.2 Å². The van der Waals surface area contributed by atoms with Crippen LogP contribution >= 0.6 is 0 Å². The third-order valence-electron chi connectivity index (χ3n) is 2.40. The van der Waals surface area contributed by atoms with E-state index in [-0.39, 0.29) is 24.4 Å². The van der Waals surface area contributed by atoms with Gasteiger partial charge in [0.15, 0.2) is 0 Å². The van der Waals surface area contributed by atoms with Crippen molar-refractivity contribution in [3.63, 3.8) is 0 Å². The molecule has 1 saturated heterocycles. The third-order valence-corrected chi connectivity index (χ3v) is 2.40. The summed E-state index contributed by atoms with van der Waals surface area (Å²) in [5, 5.41) is 2.82. The van der Waals surface area contributed by atoms with Crippen LogP contribution < -0.4 is 5.32 Å². The lowest BCUT2D eigenvalue weighted by Gasteiger charge is -2.11. The molecule has 5 nitrogen and oxygen atoms in total. The summed E-state index contributed by atoms with van der Waals surface area (Å²) in [5.41, 5.74) is 0.967. The van der Waals surface area contributed by atoms with Gasteiger partial charge in [-0.05, 0) is 19.1 Å². The maximum atomic E-state index is 11.5. The van der Waals surface area contributed by atoms with E-state index in [1.807, 2.05) is 18.3 Å². The van der Waals surface area contributed by atoms with E-state index in [4.69, 9.17) is 0 Å². The zero-order chi connectivity index (χ0) is 10.8. The number of amides is 2. The van der Waals surface area contributed by atoms with Gasteiger partial charge in [0.05, 0.1) is 12.6 Å². The number of aromatic nitrogens is 1. The number of H-pyrrole nitrogens is 1. The quantitative estimate of drug-likeness (QED) is 0.765. The summed E-state index contributed by atoms with van der Waals surface area (Å²) in [5.74, 6) is -0.00251. The number of hydrogen-bond donors (Lipinski definition) is 2. The molecule has 0 bridgehead atoms. The molecule has 2 N–H and O–H groups in total. The van der Waals surface area contributed by atoms with Gasteiger partial charge in [-0.25, -0.2) is 4.79 Å². The Morgan fingerprint density at radius 3 is 3.07 bits per heavy atom. The van der Waals surface area contributed by atoms with Gasteiger partial charge in [-0.3, -0.25) is 4.79 Å². The normalized spacial score (nSPS) is 20.5. The van der Waals surface area contributed by atoms with Crippen LogP contribution in [0.3, 0.4) is 0 Å². The molecule has 1 fully saturated rings. The number of Topliss-reactive ketones (excluding diaryl/α,β-unsaturated/α-hetero) is 1. The van der Waals surface area contributed by atoms with Crippen molar-refractivity contribution in [1.29, 1.82) is 0 Å². The molecule has 0 spiro atoms. The summed E-state index contributed by atoms with van der Waals surface area (Å²) in [7, 11) is 0. The standard InChI is InChI=1S/C10H13N3O2/c1-7(14)5-13-6-9(12-10(13)15)8-3-2-4-11-8/h2-4,9,11H,5-6H2,1H3,(H,12,15). The number of ketones is 1. The van der Waals surface area contributed by atoms with Crippen LogP contribution in [-0.4, -0.2) is 34.8 Å². The van der Waals surface area contributed by atoms with Crippen LogP contribution in [0.2, 0.25) is 0 Å². The summed E-state index contributed by atoms with van der Waals surface area (Å²) in [6, 6.07) is 3.59. The molecule has 15 heavy (non-hydrogen) atoms. The second-order valence-corrected chi connectivity index (χ2v) is 3.71. The van der Waals surface area contributed by atoms with Crippen LogP contribution in [0, 0.1) is 0 Å². The molecule has 2 heterocycles. The van der Waals surface area contributed by atoms with Crippen LogP contribution in [0.15, 0.2) is 18.3 Å². The van der Waals surface area contributed by atoms with Crippen molar-refractivity contribution in [2.24, 2.45) is 0 Å². The highest BCUT2D eigenvalue weighted by Crippen LogP contribution is 2.17. The Kier molecular flexibility index (Phi) is 2.45. The van der Waals surface area contributed by atoms with E-state index in [1.165, 1.54) is 11.8 Å². The molecular weight excluding hydrogens is 194 g/mol. The Labute approximate surface area is 87.5 Å². The minimum absolute atomic E-state index is 0.00251. The third kappa shape index (κ3) is 2.01. The van der Waals surface area contributed by atoms with E-state index in [9.17, 15) is 9.59 Å². The fraction of sp³-hybridized carbons (Fsp3) is 0.400. The van der Waals surface area contributed by atoms with Gasteiger partial charge >= 0.3 is 6.03 Å². The van der Waals surface area contributed by atoms with Crippen LogP contribution in [0.5, 0.6) is 0 Å². The van der Waals surface area contributed by atoms with Gasteiger partial charge in [-0.2, -0.15) is 0 Å². The van der Waals surface area contributed by atoms with Crippen LogP contribution in [0.1, 0.15) is 18.7 Å². The Morgan fingerprint density at radius 1 is 1.67 bits per heavy atom. The highest BCUT2D eigenvalue weighted by atomic mass is 16.2. The maximum Gasteiger partial charge on any atom is 0.318 e. The van der Waals surface area contributed by atoms with Gasteiger partial charge in [0.2, 0.25) is 0 Å². The second kappa shape index (κ2) is 3.76. The topological polar surface area (TPSA) is 65.2 Å². The smallest absolute Gasteiger partial charge is 0.318 e. The zero-order valence-electron chi connectivity index (χ0n) is 8.49. The van der Waals surface area contributed by atoms with Crippen molar-refractivity contribution in [2.45, 2.75) is 13.0 Å². The maximum absolute atomic E-state index is 11.5. The molecule has 2 rings (SSSR count). The number of urea groups is 1.